The predicted molar refractivity (Wildman–Crippen MR) is 127 cm³/mol. The Hall–Kier alpha value is -2.57. The number of halogens is 1. The molecule has 2 N–H and O–H groups in total. The van der Waals surface area contributed by atoms with Gasteiger partial charge in [0.2, 0.25) is 0 Å². The summed E-state index contributed by atoms with van der Waals surface area (Å²) in [7, 11) is 0. The van der Waals surface area contributed by atoms with Crippen LogP contribution in [0.4, 0.5) is 4.39 Å². The fourth-order valence-electron chi connectivity index (χ4n) is 4.56. The van der Waals surface area contributed by atoms with Gasteiger partial charge in [-0.25, -0.2) is 4.39 Å². The smallest absolute Gasteiger partial charge is 0.123 e. The lowest BCUT2D eigenvalue weighted by molar-refractivity contribution is -0.0154. The highest BCUT2D eigenvalue weighted by molar-refractivity contribution is 5.29. The zero-order valence-corrected chi connectivity index (χ0v) is 18.8. The average molecular weight is 450 g/mol. The van der Waals surface area contributed by atoms with E-state index in [1.165, 1.54) is 12.1 Å². The van der Waals surface area contributed by atoms with E-state index in [4.69, 9.17) is 4.74 Å². The van der Waals surface area contributed by atoms with Crippen LogP contribution in [-0.2, 0) is 4.74 Å². The van der Waals surface area contributed by atoms with Gasteiger partial charge in [-0.05, 0) is 54.1 Å². The molecule has 33 heavy (non-hydrogen) atoms. The van der Waals surface area contributed by atoms with Crippen LogP contribution in [0, 0.1) is 11.7 Å². The van der Waals surface area contributed by atoms with Crippen LogP contribution in [0.5, 0.6) is 0 Å². The normalized spacial score (nSPS) is 20.1. The maximum absolute atomic E-state index is 13.1. The van der Waals surface area contributed by atoms with Gasteiger partial charge in [-0.3, -0.25) is 4.90 Å². The third-order valence-corrected chi connectivity index (χ3v) is 6.47. The molecule has 1 saturated heterocycles. The summed E-state index contributed by atoms with van der Waals surface area (Å²) in [5.41, 5.74) is 2.93. The predicted octanol–water partition coefficient (Wildman–Crippen LogP) is 4.74. The van der Waals surface area contributed by atoms with Gasteiger partial charge in [-0.15, -0.1) is 0 Å². The van der Waals surface area contributed by atoms with Crippen molar-refractivity contribution in [2.75, 3.05) is 26.2 Å². The largest absolute Gasteiger partial charge is 0.392 e. The van der Waals surface area contributed by atoms with Crippen molar-refractivity contribution in [3.63, 3.8) is 0 Å². The molecule has 0 saturated carbocycles. The molecule has 3 aromatic rings. The fourth-order valence-corrected chi connectivity index (χ4v) is 4.56. The van der Waals surface area contributed by atoms with E-state index in [0.29, 0.717) is 25.3 Å². The Morgan fingerprint density at radius 2 is 1.48 bits per heavy atom. The summed E-state index contributed by atoms with van der Waals surface area (Å²) < 4.78 is 19.4. The summed E-state index contributed by atoms with van der Waals surface area (Å²) in [6.45, 7) is 2.31. The minimum atomic E-state index is -0.699. The van der Waals surface area contributed by atoms with E-state index in [-0.39, 0.29) is 17.8 Å². The van der Waals surface area contributed by atoms with Crippen molar-refractivity contribution in [2.24, 2.45) is 5.92 Å². The molecule has 0 aliphatic carbocycles. The molecule has 4 nitrogen and oxygen atoms in total. The Morgan fingerprint density at radius 3 is 2.06 bits per heavy atom. The van der Waals surface area contributed by atoms with Crippen molar-refractivity contribution >= 4 is 0 Å². The Kier molecular flexibility index (Phi) is 8.24. The summed E-state index contributed by atoms with van der Waals surface area (Å²) in [6, 6.07) is 26.4. The molecule has 1 unspecified atom stereocenters. The molecule has 0 spiro atoms. The lowest BCUT2D eigenvalue weighted by atomic mass is 9.90. The van der Waals surface area contributed by atoms with Crippen LogP contribution < -0.4 is 0 Å². The second kappa shape index (κ2) is 11.5. The van der Waals surface area contributed by atoms with E-state index in [0.717, 1.165) is 30.5 Å². The molecule has 0 bridgehead atoms. The van der Waals surface area contributed by atoms with Crippen molar-refractivity contribution in [3.8, 4) is 0 Å². The van der Waals surface area contributed by atoms with Crippen LogP contribution in [0.2, 0.25) is 0 Å². The van der Waals surface area contributed by atoms with Crippen molar-refractivity contribution in [1.29, 1.82) is 0 Å². The number of aliphatic hydroxyl groups is 2. The molecule has 3 atom stereocenters. The first-order valence-electron chi connectivity index (χ1n) is 11.7. The highest BCUT2D eigenvalue weighted by atomic mass is 19.1. The summed E-state index contributed by atoms with van der Waals surface area (Å²) in [6.07, 6.45) is 0.341. The van der Waals surface area contributed by atoms with Gasteiger partial charge in [0.05, 0.1) is 12.2 Å². The second-order valence-corrected chi connectivity index (χ2v) is 8.80. The Morgan fingerprint density at radius 1 is 0.879 bits per heavy atom. The monoisotopic (exact) mass is 449 g/mol. The summed E-state index contributed by atoms with van der Waals surface area (Å²) >= 11 is 0. The molecule has 5 heteroatoms. The summed E-state index contributed by atoms with van der Waals surface area (Å²) in [4.78, 5) is 2.08. The lowest BCUT2D eigenvalue weighted by Crippen LogP contribution is -2.45. The van der Waals surface area contributed by atoms with Crippen molar-refractivity contribution in [2.45, 2.75) is 31.2 Å². The molecular formula is C28H32FNO3. The zero-order valence-electron chi connectivity index (χ0n) is 18.8. The molecule has 0 amide bonds. The molecule has 1 aliphatic rings. The topological polar surface area (TPSA) is 52.9 Å². The molecule has 1 heterocycles. The Labute approximate surface area is 195 Å². The van der Waals surface area contributed by atoms with Crippen LogP contribution in [0.25, 0.3) is 0 Å². The van der Waals surface area contributed by atoms with Crippen molar-refractivity contribution in [1.82, 2.24) is 4.90 Å². The number of nitrogens with zero attached hydrogens (tertiary/aromatic N) is 1. The lowest BCUT2D eigenvalue weighted by Gasteiger charge is -2.37. The highest BCUT2D eigenvalue weighted by Gasteiger charge is 2.29. The molecule has 0 radical (unpaired) electrons. The van der Waals surface area contributed by atoms with Gasteiger partial charge in [0.25, 0.3) is 0 Å². The van der Waals surface area contributed by atoms with E-state index in [1.807, 2.05) is 36.4 Å². The minimum absolute atomic E-state index is 0.129. The SMILES string of the molecule is O[C@H](CN1CCC(CCOC(c2ccccc2)c2ccccc2)[C@@H](O)C1)c1ccc(F)cc1. The number of piperidine rings is 1. The number of aliphatic hydroxyl groups excluding tert-OH is 2. The molecule has 174 valence electrons. The van der Waals surface area contributed by atoms with E-state index in [9.17, 15) is 14.6 Å². The average Bonchev–Trinajstić information content (AvgIpc) is 2.84. The third-order valence-electron chi connectivity index (χ3n) is 6.47. The number of hydrogen-bond donors (Lipinski definition) is 2. The summed E-state index contributed by atoms with van der Waals surface area (Å²) in [5.74, 6) is -0.150. The first kappa shape index (κ1) is 23.6. The number of hydrogen-bond acceptors (Lipinski definition) is 4. The van der Waals surface area contributed by atoms with Gasteiger partial charge in [0.15, 0.2) is 0 Å². The Balaban J connectivity index is 1.28. The van der Waals surface area contributed by atoms with Gasteiger partial charge >= 0.3 is 0 Å². The first-order valence-corrected chi connectivity index (χ1v) is 11.7. The van der Waals surface area contributed by atoms with Crippen LogP contribution >= 0.6 is 0 Å². The standard InChI is InChI=1S/C28H32FNO3/c29-25-13-11-21(12-14-25)26(31)19-30-17-15-22(27(32)20-30)16-18-33-28(23-7-3-1-4-8-23)24-9-5-2-6-10-24/h1-14,22,26-28,31-32H,15-20H2/t22?,26-,27+/m1/s1. The van der Waals surface area contributed by atoms with Gasteiger partial charge in [-0.1, -0.05) is 72.8 Å². The third kappa shape index (κ3) is 6.49. The van der Waals surface area contributed by atoms with Crippen LogP contribution in [0.1, 0.15) is 41.7 Å². The molecule has 1 fully saturated rings. The highest BCUT2D eigenvalue weighted by Crippen LogP contribution is 2.28. The quantitative estimate of drug-likeness (QED) is 0.496. The van der Waals surface area contributed by atoms with Crippen molar-refractivity contribution < 1.29 is 19.3 Å². The van der Waals surface area contributed by atoms with Gasteiger partial charge < -0.3 is 14.9 Å². The van der Waals surface area contributed by atoms with Crippen LogP contribution in [0.15, 0.2) is 84.9 Å². The molecule has 3 aromatic carbocycles. The first-order chi connectivity index (χ1) is 16.1. The summed E-state index contributed by atoms with van der Waals surface area (Å²) in [5, 5.41) is 21.2. The number of benzene rings is 3. The van der Waals surface area contributed by atoms with Gasteiger partial charge in [-0.2, -0.15) is 0 Å². The molecule has 1 aliphatic heterocycles. The van der Waals surface area contributed by atoms with Crippen LogP contribution in [-0.4, -0.2) is 47.5 Å². The van der Waals surface area contributed by atoms with Gasteiger partial charge in [0, 0.05) is 19.7 Å². The Bertz CT molecular complexity index is 928. The van der Waals surface area contributed by atoms with Gasteiger partial charge in [0.1, 0.15) is 11.9 Å². The maximum atomic E-state index is 13.1. The van der Waals surface area contributed by atoms with E-state index in [1.54, 1.807) is 12.1 Å². The van der Waals surface area contributed by atoms with E-state index >= 15 is 0 Å². The number of rotatable bonds is 9. The molecular weight excluding hydrogens is 417 g/mol. The number of likely N-dealkylation sites (tertiary alicyclic amines) is 1. The zero-order chi connectivity index (χ0) is 23.0. The van der Waals surface area contributed by atoms with E-state index < -0.39 is 12.2 Å². The maximum Gasteiger partial charge on any atom is 0.123 e. The van der Waals surface area contributed by atoms with Crippen molar-refractivity contribution in [3.05, 3.63) is 107 Å². The fraction of sp³-hybridized carbons (Fsp3) is 0.357. The molecule has 4 rings (SSSR count). The second-order valence-electron chi connectivity index (χ2n) is 8.80. The minimum Gasteiger partial charge on any atom is -0.392 e. The molecule has 0 aromatic heterocycles. The van der Waals surface area contributed by atoms with E-state index in [2.05, 4.69) is 29.2 Å². The van der Waals surface area contributed by atoms with Crippen LogP contribution in [0.3, 0.4) is 0 Å². The number of β-amino-alcohol motifs (C(OH)–C–C–N with tert-alkyl or cyclic N) is 2. The number of ether oxygens (including phenoxy) is 1.